The predicted molar refractivity (Wildman–Crippen MR) is 101 cm³/mol. The van der Waals surface area contributed by atoms with Crippen molar-refractivity contribution >= 4 is 12.0 Å². The lowest BCUT2D eigenvalue weighted by Crippen LogP contribution is -2.49. The molecule has 0 bridgehead atoms. The van der Waals surface area contributed by atoms with Crippen molar-refractivity contribution in [2.45, 2.75) is 32.2 Å². The Labute approximate surface area is 159 Å². The van der Waals surface area contributed by atoms with E-state index in [1.165, 1.54) is 6.42 Å². The number of methoxy groups -OCH3 is 1. The van der Waals surface area contributed by atoms with Crippen LogP contribution >= 0.6 is 0 Å². The number of hydrogen-bond donors (Lipinski definition) is 2. The van der Waals surface area contributed by atoms with Gasteiger partial charge in [0.2, 0.25) is 0 Å². The lowest BCUT2D eigenvalue weighted by molar-refractivity contribution is -0.139. The molecule has 3 rings (SSSR count). The molecule has 2 amide bonds. The van der Waals surface area contributed by atoms with E-state index in [9.17, 15) is 9.59 Å². The topological polar surface area (TPSA) is 79.9 Å². The number of para-hydroxylation sites is 1. The molecular formula is C20H27N3O4. The maximum absolute atomic E-state index is 12.8. The number of nitrogens with one attached hydrogen (secondary N) is 2. The maximum atomic E-state index is 12.8. The van der Waals surface area contributed by atoms with Gasteiger partial charge in [0.15, 0.2) is 0 Å². The number of urea groups is 1. The van der Waals surface area contributed by atoms with Crippen LogP contribution < -0.4 is 15.4 Å². The van der Waals surface area contributed by atoms with E-state index in [0.29, 0.717) is 23.6 Å². The highest BCUT2D eigenvalue weighted by molar-refractivity contribution is 5.95. The average Bonchev–Trinajstić information content (AvgIpc) is 2.68. The zero-order chi connectivity index (χ0) is 19.2. The number of carbonyl (C=O) groups is 2. The van der Waals surface area contributed by atoms with Crippen molar-refractivity contribution in [2.75, 3.05) is 33.4 Å². The Morgan fingerprint density at radius 2 is 1.96 bits per heavy atom. The molecule has 2 heterocycles. The van der Waals surface area contributed by atoms with Gasteiger partial charge < -0.3 is 20.1 Å². The first-order valence-electron chi connectivity index (χ1n) is 9.47. The van der Waals surface area contributed by atoms with Crippen LogP contribution in [0.4, 0.5) is 4.79 Å². The van der Waals surface area contributed by atoms with Gasteiger partial charge in [-0.05, 0) is 38.9 Å². The third kappa shape index (κ3) is 4.42. The van der Waals surface area contributed by atoms with Crippen LogP contribution in [0.1, 0.15) is 37.8 Å². The molecule has 2 N–H and O–H groups in total. The Bertz CT molecular complexity index is 726. The van der Waals surface area contributed by atoms with E-state index in [0.717, 1.165) is 31.5 Å². The Morgan fingerprint density at radius 3 is 2.67 bits per heavy atom. The first-order chi connectivity index (χ1) is 13.1. The summed E-state index contributed by atoms with van der Waals surface area (Å²) in [7, 11) is 1.57. The van der Waals surface area contributed by atoms with Gasteiger partial charge in [-0.15, -0.1) is 0 Å². The minimum Gasteiger partial charge on any atom is -0.496 e. The molecule has 1 atom stereocenters. The van der Waals surface area contributed by atoms with Gasteiger partial charge in [-0.1, -0.05) is 24.6 Å². The Kier molecular flexibility index (Phi) is 6.34. The summed E-state index contributed by atoms with van der Waals surface area (Å²) < 4.78 is 10.8. The molecule has 0 aromatic heterocycles. The third-order valence-corrected chi connectivity index (χ3v) is 4.93. The summed E-state index contributed by atoms with van der Waals surface area (Å²) in [6.07, 6.45) is 3.48. The number of esters is 1. The largest absolute Gasteiger partial charge is 0.496 e. The highest BCUT2D eigenvalue weighted by atomic mass is 16.5. The predicted octanol–water partition coefficient (Wildman–Crippen LogP) is 2.35. The van der Waals surface area contributed by atoms with Crippen molar-refractivity contribution in [1.29, 1.82) is 0 Å². The molecule has 0 aliphatic carbocycles. The van der Waals surface area contributed by atoms with Gasteiger partial charge in [0, 0.05) is 17.8 Å². The molecule has 0 unspecified atom stereocenters. The molecule has 1 aromatic carbocycles. The second-order valence-corrected chi connectivity index (χ2v) is 6.72. The molecular weight excluding hydrogens is 346 g/mol. The van der Waals surface area contributed by atoms with Gasteiger partial charge in [0.1, 0.15) is 5.75 Å². The number of carbonyl (C=O) groups excluding carboxylic acids is 2. The van der Waals surface area contributed by atoms with Crippen molar-refractivity contribution in [3.8, 4) is 5.75 Å². The van der Waals surface area contributed by atoms with E-state index >= 15 is 0 Å². The van der Waals surface area contributed by atoms with Crippen LogP contribution in [0.3, 0.4) is 0 Å². The fourth-order valence-electron chi connectivity index (χ4n) is 3.67. The number of benzene rings is 1. The molecule has 1 aromatic rings. The van der Waals surface area contributed by atoms with Crippen LogP contribution in [0.15, 0.2) is 35.5 Å². The van der Waals surface area contributed by atoms with Crippen LogP contribution in [0.5, 0.6) is 5.75 Å². The molecule has 146 valence electrons. The van der Waals surface area contributed by atoms with Crippen LogP contribution in [-0.2, 0) is 9.53 Å². The average molecular weight is 373 g/mol. The highest BCUT2D eigenvalue weighted by Crippen LogP contribution is 2.33. The van der Waals surface area contributed by atoms with E-state index in [1.807, 2.05) is 24.3 Å². The van der Waals surface area contributed by atoms with Crippen LogP contribution in [0, 0.1) is 0 Å². The first-order valence-corrected chi connectivity index (χ1v) is 9.47. The first kappa shape index (κ1) is 19.2. The second-order valence-electron chi connectivity index (χ2n) is 6.72. The minimum absolute atomic E-state index is 0.270. The van der Waals surface area contributed by atoms with Crippen molar-refractivity contribution in [1.82, 2.24) is 15.5 Å². The van der Waals surface area contributed by atoms with E-state index in [4.69, 9.17) is 9.47 Å². The van der Waals surface area contributed by atoms with Gasteiger partial charge in [-0.2, -0.15) is 0 Å². The number of amides is 2. The summed E-state index contributed by atoms with van der Waals surface area (Å²) in [5.74, 6) is 0.191. The molecule has 1 fully saturated rings. The molecule has 0 radical (unpaired) electrons. The van der Waals surface area contributed by atoms with Crippen LogP contribution in [-0.4, -0.2) is 50.3 Å². The monoisotopic (exact) mass is 373 g/mol. The fraction of sp³-hybridized carbons (Fsp3) is 0.500. The van der Waals surface area contributed by atoms with Crippen LogP contribution in [0.2, 0.25) is 0 Å². The fourth-order valence-corrected chi connectivity index (χ4v) is 3.67. The Hall–Kier alpha value is -2.54. The number of nitrogens with zero attached hydrogens (tertiary/aromatic N) is 1. The molecule has 0 saturated carbocycles. The summed E-state index contributed by atoms with van der Waals surface area (Å²) in [6, 6.07) is 6.44. The Balaban J connectivity index is 2.02. The maximum Gasteiger partial charge on any atom is 0.338 e. The number of likely N-dealkylation sites (tertiary alicyclic amines) is 1. The van der Waals surface area contributed by atoms with Gasteiger partial charge >= 0.3 is 12.0 Å². The number of hydrogen-bond acceptors (Lipinski definition) is 5. The summed E-state index contributed by atoms with van der Waals surface area (Å²) in [5.41, 5.74) is 1.77. The van der Waals surface area contributed by atoms with E-state index in [1.54, 1.807) is 14.0 Å². The van der Waals surface area contributed by atoms with Crippen molar-refractivity contribution in [3.63, 3.8) is 0 Å². The number of piperidine rings is 1. The molecule has 7 heteroatoms. The third-order valence-electron chi connectivity index (χ3n) is 4.93. The zero-order valence-corrected chi connectivity index (χ0v) is 15.9. The summed E-state index contributed by atoms with van der Waals surface area (Å²) in [4.78, 5) is 27.4. The second kappa shape index (κ2) is 8.90. The Morgan fingerprint density at radius 1 is 1.22 bits per heavy atom. The number of rotatable bonds is 6. The lowest BCUT2D eigenvalue weighted by Gasteiger charge is -2.33. The minimum atomic E-state index is -0.617. The zero-order valence-electron chi connectivity index (χ0n) is 15.9. The normalized spacial score (nSPS) is 20.7. The van der Waals surface area contributed by atoms with E-state index in [2.05, 4.69) is 15.5 Å². The molecule has 2 aliphatic rings. The van der Waals surface area contributed by atoms with E-state index < -0.39 is 12.0 Å². The van der Waals surface area contributed by atoms with Gasteiger partial charge in [0.05, 0.1) is 25.3 Å². The van der Waals surface area contributed by atoms with Gasteiger partial charge in [-0.3, -0.25) is 4.90 Å². The summed E-state index contributed by atoms with van der Waals surface area (Å²) in [5, 5.41) is 5.69. The molecule has 0 spiro atoms. The molecule has 7 nitrogen and oxygen atoms in total. The summed E-state index contributed by atoms with van der Waals surface area (Å²) in [6.45, 7) is 4.49. The smallest absolute Gasteiger partial charge is 0.338 e. The van der Waals surface area contributed by atoms with Crippen molar-refractivity contribution in [2.24, 2.45) is 0 Å². The molecule has 1 saturated heterocycles. The highest BCUT2D eigenvalue weighted by Gasteiger charge is 2.35. The van der Waals surface area contributed by atoms with Crippen molar-refractivity contribution in [3.05, 3.63) is 41.1 Å². The van der Waals surface area contributed by atoms with E-state index in [-0.39, 0.29) is 12.6 Å². The van der Waals surface area contributed by atoms with Crippen LogP contribution in [0.25, 0.3) is 0 Å². The standard InChI is InChI=1S/C20H27N3O4/c1-3-27-19(24)17-15(13-23-11-7-4-8-12-23)21-20(25)22-18(17)14-9-5-6-10-16(14)26-2/h5-6,9-10,18H,3-4,7-8,11-13H2,1-2H3,(H2,21,22,25)/t18-/m1/s1. The van der Waals surface area contributed by atoms with Crippen molar-refractivity contribution < 1.29 is 19.1 Å². The molecule has 2 aliphatic heterocycles. The van der Waals surface area contributed by atoms with Gasteiger partial charge in [-0.25, -0.2) is 9.59 Å². The lowest BCUT2D eigenvalue weighted by atomic mass is 9.94. The number of ether oxygens (including phenoxy) is 2. The summed E-state index contributed by atoms with van der Waals surface area (Å²) >= 11 is 0. The van der Waals surface area contributed by atoms with Gasteiger partial charge in [0.25, 0.3) is 0 Å². The quantitative estimate of drug-likeness (QED) is 0.749. The SMILES string of the molecule is CCOC(=O)C1=C(CN2CCCCC2)NC(=O)N[C@@H]1c1ccccc1OC. The molecule has 27 heavy (non-hydrogen) atoms.